The Bertz CT molecular complexity index is 428. The molecular formula is C15H24N2O2. The molecule has 0 aromatic heterocycles. The molecule has 0 radical (unpaired) electrons. The molecule has 1 aromatic carbocycles. The van der Waals surface area contributed by atoms with Crippen LogP contribution in [0, 0.1) is 0 Å². The second-order valence-corrected chi connectivity index (χ2v) is 5.68. The second kappa shape index (κ2) is 5.80. The van der Waals surface area contributed by atoms with Crippen LogP contribution in [0.15, 0.2) is 18.2 Å². The minimum Gasteiger partial charge on any atom is -0.496 e. The van der Waals surface area contributed by atoms with Crippen molar-refractivity contribution in [3.05, 3.63) is 23.8 Å². The minimum absolute atomic E-state index is 0.512. The summed E-state index contributed by atoms with van der Waals surface area (Å²) in [5, 5.41) is 10.4. The van der Waals surface area contributed by atoms with Crippen molar-refractivity contribution < 1.29 is 9.84 Å². The number of nitrogen functional groups attached to an aromatic ring is 1. The lowest BCUT2D eigenvalue weighted by Gasteiger charge is -2.29. The van der Waals surface area contributed by atoms with Gasteiger partial charge in [0.2, 0.25) is 0 Å². The number of nitrogens with two attached hydrogens (primary N) is 1. The second-order valence-electron chi connectivity index (χ2n) is 5.68. The third-order valence-corrected chi connectivity index (χ3v) is 3.84. The van der Waals surface area contributed by atoms with Gasteiger partial charge in [-0.05, 0) is 38.1 Å². The first-order valence-corrected chi connectivity index (χ1v) is 6.86. The minimum atomic E-state index is -0.512. The van der Waals surface area contributed by atoms with Gasteiger partial charge in [0.05, 0.1) is 12.7 Å². The van der Waals surface area contributed by atoms with Crippen molar-refractivity contribution in [2.45, 2.75) is 37.8 Å². The number of hydrogen-bond acceptors (Lipinski definition) is 4. The molecule has 106 valence electrons. The number of nitrogens with zero attached hydrogens (tertiary/aromatic N) is 1. The summed E-state index contributed by atoms with van der Waals surface area (Å²) < 4.78 is 5.35. The third-order valence-electron chi connectivity index (χ3n) is 3.84. The first kappa shape index (κ1) is 14.2. The van der Waals surface area contributed by atoms with Crippen molar-refractivity contribution in [2.24, 2.45) is 0 Å². The Hall–Kier alpha value is -1.26. The van der Waals surface area contributed by atoms with Crippen molar-refractivity contribution in [3.63, 3.8) is 0 Å². The summed E-state index contributed by atoms with van der Waals surface area (Å²) >= 11 is 0. The van der Waals surface area contributed by atoms with Gasteiger partial charge < -0.3 is 15.6 Å². The first-order chi connectivity index (χ1) is 9.02. The average molecular weight is 264 g/mol. The van der Waals surface area contributed by atoms with Crippen LogP contribution in [0.4, 0.5) is 5.69 Å². The zero-order valence-corrected chi connectivity index (χ0v) is 11.9. The quantitative estimate of drug-likeness (QED) is 0.799. The van der Waals surface area contributed by atoms with Crippen molar-refractivity contribution in [1.29, 1.82) is 0 Å². The number of likely N-dealkylation sites (N-methyl/N-ethyl adjacent to an activating group) is 1. The van der Waals surface area contributed by atoms with Crippen LogP contribution >= 0.6 is 0 Å². The summed E-state index contributed by atoms with van der Waals surface area (Å²) in [4.78, 5) is 2.14. The molecule has 0 atom stereocenters. The maximum absolute atomic E-state index is 10.4. The first-order valence-electron chi connectivity index (χ1n) is 6.86. The van der Waals surface area contributed by atoms with Crippen LogP contribution in [0.3, 0.4) is 0 Å². The number of ether oxygens (including phenoxy) is 1. The number of rotatable bonds is 5. The van der Waals surface area contributed by atoms with E-state index in [9.17, 15) is 5.11 Å². The van der Waals surface area contributed by atoms with Crippen LogP contribution < -0.4 is 10.5 Å². The lowest BCUT2D eigenvalue weighted by atomic mass is 10.0. The van der Waals surface area contributed by atoms with E-state index in [1.807, 2.05) is 25.2 Å². The predicted octanol–water partition coefficient (Wildman–Crippen LogP) is 2.01. The molecule has 0 spiro atoms. The molecule has 1 fully saturated rings. The van der Waals surface area contributed by atoms with E-state index in [0.29, 0.717) is 6.54 Å². The third kappa shape index (κ3) is 3.61. The number of anilines is 1. The topological polar surface area (TPSA) is 58.7 Å². The summed E-state index contributed by atoms with van der Waals surface area (Å²) in [7, 11) is 3.69. The summed E-state index contributed by atoms with van der Waals surface area (Å²) in [6, 6.07) is 5.67. The largest absolute Gasteiger partial charge is 0.496 e. The van der Waals surface area contributed by atoms with Gasteiger partial charge in [0.1, 0.15) is 5.75 Å². The highest BCUT2D eigenvalue weighted by atomic mass is 16.5. The highest BCUT2D eigenvalue weighted by Crippen LogP contribution is 2.31. The lowest BCUT2D eigenvalue weighted by molar-refractivity contribution is 0.0144. The summed E-state index contributed by atoms with van der Waals surface area (Å²) in [5.41, 5.74) is 7.11. The number of methoxy groups -OCH3 is 1. The van der Waals surface area contributed by atoms with Crippen molar-refractivity contribution in [1.82, 2.24) is 4.90 Å². The van der Waals surface area contributed by atoms with E-state index in [1.165, 1.54) is 0 Å². The molecule has 19 heavy (non-hydrogen) atoms. The molecule has 0 unspecified atom stereocenters. The fraction of sp³-hybridized carbons (Fsp3) is 0.600. The molecule has 0 amide bonds. The summed E-state index contributed by atoms with van der Waals surface area (Å²) in [6.45, 7) is 1.43. The van der Waals surface area contributed by atoms with Crippen LogP contribution in [0.2, 0.25) is 0 Å². The maximum Gasteiger partial charge on any atom is 0.123 e. The van der Waals surface area contributed by atoms with E-state index in [4.69, 9.17) is 10.5 Å². The molecular weight excluding hydrogens is 240 g/mol. The van der Waals surface area contributed by atoms with Gasteiger partial charge in [-0.1, -0.05) is 12.8 Å². The van der Waals surface area contributed by atoms with Crippen LogP contribution in [0.5, 0.6) is 5.75 Å². The van der Waals surface area contributed by atoms with E-state index in [0.717, 1.165) is 49.2 Å². The predicted molar refractivity (Wildman–Crippen MR) is 77.2 cm³/mol. The molecule has 4 nitrogen and oxygen atoms in total. The van der Waals surface area contributed by atoms with Crippen molar-refractivity contribution in [2.75, 3.05) is 26.4 Å². The number of hydrogen-bond donors (Lipinski definition) is 2. The van der Waals surface area contributed by atoms with Gasteiger partial charge in [-0.2, -0.15) is 0 Å². The van der Waals surface area contributed by atoms with Gasteiger partial charge in [-0.3, -0.25) is 4.90 Å². The monoisotopic (exact) mass is 264 g/mol. The highest BCUT2D eigenvalue weighted by molar-refractivity contribution is 5.47. The Kier molecular flexibility index (Phi) is 4.32. The molecule has 0 heterocycles. The van der Waals surface area contributed by atoms with Crippen molar-refractivity contribution >= 4 is 5.69 Å². The molecule has 1 aromatic rings. The van der Waals surface area contributed by atoms with Gasteiger partial charge in [0.15, 0.2) is 0 Å². The number of benzene rings is 1. The fourth-order valence-electron chi connectivity index (χ4n) is 2.96. The molecule has 3 N–H and O–H groups in total. The van der Waals surface area contributed by atoms with E-state index >= 15 is 0 Å². The summed E-state index contributed by atoms with van der Waals surface area (Å²) in [6.07, 6.45) is 4.08. The molecule has 1 aliphatic rings. The zero-order chi connectivity index (χ0) is 13.9. The SMILES string of the molecule is COc1ccc(N)cc1CN(C)CC1(O)CCCC1. The van der Waals surface area contributed by atoms with Gasteiger partial charge >= 0.3 is 0 Å². The molecule has 0 aliphatic heterocycles. The van der Waals surface area contributed by atoms with Crippen molar-refractivity contribution in [3.8, 4) is 5.75 Å². The fourth-order valence-corrected chi connectivity index (χ4v) is 2.96. The Morgan fingerprint density at radius 3 is 2.68 bits per heavy atom. The number of aliphatic hydroxyl groups is 1. The molecule has 1 aliphatic carbocycles. The average Bonchev–Trinajstić information content (AvgIpc) is 2.75. The van der Waals surface area contributed by atoms with E-state index < -0.39 is 5.60 Å². The molecule has 1 saturated carbocycles. The van der Waals surface area contributed by atoms with E-state index in [1.54, 1.807) is 7.11 Å². The maximum atomic E-state index is 10.4. The molecule has 4 heteroatoms. The molecule has 0 bridgehead atoms. The van der Waals surface area contributed by atoms with E-state index in [-0.39, 0.29) is 0 Å². The molecule has 0 saturated heterocycles. The van der Waals surface area contributed by atoms with Gasteiger partial charge in [-0.25, -0.2) is 0 Å². The Balaban J connectivity index is 2.02. The van der Waals surface area contributed by atoms with Gasteiger partial charge in [0.25, 0.3) is 0 Å². The van der Waals surface area contributed by atoms with E-state index in [2.05, 4.69) is 4.90 Å². The van der Waals surface area contributed by atoms with Crippen LogP contribution in [-0.2, 0) is 6.54 Å². The molecule has 2 rings (SSSR count). The Morgan fingerprint density at radius 2 is 2.05 bits per heavy atom. The van der Waals surface area contributed by atoms with Gasteiger partial charge in [-0.15, -0.1) is 0 Å². The smallest absolute Gasteiger partial charge is 0.123 e. The van der Waals surface area contributed by atoms with Gasteiger partial charge in [0, 0.05) is 24.3 Å². The zero-order valence-electron chi connectivity index (χ0n) is 11.9. The summed E-state index contributed by atoms with van der Waals surface area (Å²) in [5.74, 6) is 0.847. The van der Waals surface area contributed by atoms with Crippen LogP contribution in [-0.4, -0.2) is 36.3 Å². The Morgan fingerprint density at radius 1 is 1.37 bits per heavy atom. The van der Waals surface area contributed by atoms with Crippen LogP contribution in [0.25, 0.3) is 0 Å². The standard InChI is InChI=1S/C15H24N2O2/c1-17(11-15(18)7-3-4-8-15)10-12-9-13(16)5-6-14(12)19-2/h5-6,9,18H,3-4,7-8,10-11,16H2,1-2H3. The Labute approximate surface area is 115 Å². The van der Waals surface area contributed by atoms with Crippen LogP contribution in [0.1, 0.15) is 31.2 Å². The lowest BCUT2D eigenvalue weighted by Crippen LogP contribution is -2.38. The highest BCUT2D eigenvalue weighted by Gasteiger charge is 2.32. The normalized spacial score (nSPS) is 17.9.